The third kappa shape index (κ3) is 1.84. The van der Waals surface area contributed by atoms with E-state index < -0.39 is 17.3 Å². The molecule has 0 aliphatic heterocycles. The minimum absolute atomic E-state index is 0.179. The fourth-order valence-corrected chi connectivity index (χ4v) is 2.22. The molecule has 1 N–H and O–H groups in total. The standard InChI is InChI=1S/C12H16FNO2/c1-8-7-10(15)14(16)12(11(8)13)9-5-3-2-4-6-9/h7,9,16H,2-6H2,1H3/i9D. The van der Waals surface area contributed by atoms with Gasteiger partial charge in [0.15, 0.2) is 0 Å². The second-order valence-corrected chi connectivity index (χ2v) is 4.30. The third-order valence-corrected chi connectivity index (χ3v) is 3.11. The first-order valence-electron chi connectivity index (χ1n) is 6.07. The molecule has 1 saturated carbocycles. The summed E-state index contributed by atoms with van der Waals surface area (Å²) >= 11 is 0. The van der Waals surface area contributed by atoms with E-state index in [1.807, 2.05) is 0 Å². The van der Waals surface area contributed by atoms with Crippen molar-refractivity contribution in [2.45, 2.75) is 44.9 Å². The number of aromatic nitrogens is 1. The van der Waals surface area contributed by atoms with Crippen LogP contribution in [0.3, 0.4) is 0 Å². The molecule has 1 fully saturated rings. The first-order chi connectivity index (χ1) is 7.96. The maximum Gasteiger partial charge on any atom is 0.283 e. The Kier molecular flexibility index (Phi) is 2.64. The average molecular weight is 226 g/mol. The van der Waals surface area contributed by atoms with Gasteiger partial charge in [-0.1, -0.05) is 19.3 Å². The molecule has 16 heavy (non-hydrogen) atoms. The number of nitrogens with zero attached hydrogens (tertiary/aromatic N) is 1. The molecule has 0 amide bonds. The summed E-state index contributed by atoms with van der Waals surface area (Å²) in [5.41, 5.74) is -0.661. The third-order valence-electron chi connectivity index (χ3n) is 3.11. The highest BCUT2D eigenvalue weighted by molar-refractivity contribution is 5.22. The van der Waals surface area contributed by atoms with Gasteiger partial charge in [0.1, 0.15) is 11.5 Å². The van der Waals surface area contributed by atoms with Crippen LogP contribution in [-0.2, 0) is 0 Å². The number of hydrogen-bond donors (Lipinski definition) is 1. The van der Waals surface area contributed by atoms with Gasteiger partial charge in [-0.15, -0.1) is 4.73 Å². The molecule has 3 nitrogen and oxygen atoms in total. The first-order valence-corrected chi connectivity index (χ1v) is 5.57. The lowest BCUT2D eigenvalue weighted by molar-refractivity contribution is 0.151. The fourth-order valence-electron chi connectivity index (χ4n) is 2.22. The van der Waals surface area contributed by atoms with Crippen molar-refractivity contribution < 1.29 is 11.0 Å². The van der Waals surface area contributed by atoms with Gasteiger partial charge in [0.05, 0.1) is 0 Å². The van der Waals surface area contributed by atoms with E-state index in [4.69, 9.17) is 1.37 Å². The Hall–Kier alpha value is -1.32. The normalized spacial score (nSPS) is 20.5. The Bertz CT molecular complexity index is 492. The quantitative estimate of drug-likeness (QED) is 0.748. The summed E-state index contributed by atoms with van der Waals surface area (Å²) in [5.74, 6) is -1.81. The van der Waals surface area contributed by atoms with E-state index in [9.17, 15) is 14.4 Å². The van der Waals surface area contributed by atoms with Gasteiger partial charge >= 0.3 is 0 Å². The van der Waals surface area contributed by atoms with Crippen molar-refractivity contribution in [3.63, 3.8) is 0 Å². The molecular formula is C12H16FNO2. The van der Waals surface area contributed by atoms with Crippen molar-refractivity contribution in [2.75, 3.05) is 0 Å². The van der Waals surface area contributed by atoms with E-state index in [1.165, 1.54) is 6.92 Å². The highest BCUT2D eigenvalue weighted by atomic mass is 19.1. The molecule has 1 aromatic rings. The van der Waals surface area contributed by atoms with Gasteiger partial charge < -0.3 is 5.21 Å². The number of halogens is 1. The van der Waals surface area contributed by atoms with Crippen LogP contribution in [0, 0.1) is 12.7 Å². The van der Waals surface area contributed by atoms with Crippen molar-refractivity contribution in [3.8, 4) is 0 Å². The maximum absolute atomic E-state index is 14.0. The lowest BCUT2D eigenvalue weighted by Crippen LogP contribution is -2.26. The van der Waals surface area contributed by atoms with Crippen LogP contribution in [-0.4, -0.2) is 9.94 Å². The van der Waals surface area contributed by atoms with E-state index in [0.717, 1.165) is 25.3 Å². The van der Waals surface area contributed by atoms with Crippen LogP contribution in [0.1, 0.15) is 50.6 Å². The van der Waals surface area contributed by atoms with Crippen molar-refractivity contribution in [1.82, 2.24) is 4.73 Å². The minimum atomic E-state index is -1.18. The molecule has 0 unspecified atom stereocenters. The number of hydrogen-bond acceptors (Lipinski definition) is 2. The monoisotopic (exact) mass is 226 g/mol. The Morgan fingerprint density at radius 1 is 1.50 bits per heavy atom. The van der Waals surface area contributed by atoms with Crippen LogP contribution in [0.15, 0.2) is 10.9 Å². The van der Waals surface area contributed by atoms with E-state index in [-0.39, 0.29) is 11.3 Å². The van der Waals surface area contributed by atoms with Crippen LogP contribution in [0.5, 0.6) is 0 Å². The van der Waals surface area contributed by atoms with Crippen LogP contribution in [0.4, 0.5) is 4.39 Å². The molecule has 0 atom stereocenters. The van der Waals surface area contributed by atoms with Crippen molar-refractivity contribution in [2.24, 2.45) is 0 Å². The molecule has 0 aromatic carbocycles. The van der Waals surface area contributed by atoms with Gasteiger partial charge in [-0.25, -0.2) is 4.39 Å². The average Bonchev–Trinajstić information content (AvgIpc) is 2.27. The lowest BCUT2D eigenvalue weighted by atomic mass is 9.86. The SMILES string of the molecule is [2H]C1(c2c(F)c(C)cc(=O)n2O)CCCCC1. The Balaban J connectivity index is 2.61. The van der Waals surface area contributed by atoms with Crippen LogP contribution in [0.2, 0.25) is 0 Å². The number of pyridine rings is 1. The first kappa shape index (κ1) is 9.87. The predicted molar refractivity (Wildman–Crippen MR) is 58.4 cm³/mol. The number of rotatable bonds is 1. The molecule has 1 aliphatic rings. The second-order valence-electron chi connectivity index (χ2n) is 4.30. The molecule has 0 bridgehead atoms. The summed E-state index contributed by atoms with van der Waals surface area (Å²) in [5, 5.41) is 9.66. The molecule has 1 aliphatic carbocycles. The highest BCUT2D eigenvalue weighted by Crippen LogP contribution is 2.33. The highest BCUT2D eigenvalue weighted by Gasteiger charge is 2.24. The smallest absolute Gasteiger partial charge is 0.283 e. The Morgan fingerprint density at radius 2 is 2.12 bits per heavy atom. The Morgan fingerprint density at radius 3 is 2.75 bits per heavy atom. The molecule has 4 heteroatoms. The zero-order chi connectivity index (χ0) is 12.6. The van der Waals surface area contributed by atoms with E-state index in [1.54, 1.807) is 0 Å². The van der Waals surface area contributed by atoms with Crippen molar-refractivity contribution in [1.29, 1.82) is 0 Å². The van der Waals surface area contributed by atoms with Gasteiger partial charge in [-0.2, -0.15) is 0 Å². The van der Waals surface area contributed by atoms with Crippen molar-refractivity contribution in [3.05, 3.63) is 33.5 Å². The van der Waals surface area contributed by atoms with E-state index in [0.29, 0.717) is 17.6 Å². The van der Waals surface area contributed by atoms with E-state index in [2.05, 4.69) is 0 Å². The zero-order valence-electron chi connectivity index (χ0n) is 10.3. The summed E-state index contributed by atoms with van der Waals surface area (Å²) in [6.07, 6.45) is 3.63. The van der Waals surface area contributed by atoms with Gasteiger partial charge in [-0.05, 0) is 25.3 Å². The molecule has 88 valence electrons. The van der Waals surface area contributed by atoms with Gasteiger partial charge in [0, 0.05) is 13.3 Å². The molecule has 0 saturated heterocycles. The van der Waals surface area contributed by atoms with E-state index >= 15 is 0 Å². The summed E-state index contributed by atoms with van der Waals surface area (Å²) in [6, 6.07) is 1.05. The van der Waals surface area contributed by atoms with Crippen molar-refractivity contribution >= 4 is 0 Å². The largest absolute Gasteiger partial charge is 0.425 e. The molecule has 0 radical (unpaired) electrons. The molecular weight excluding hydrogens is 209 g/mol. The molecule has 0 spiro atoms. The molecule has 1 heterocycles. The molecule has 2 rings (SSSR count). The number of aryl methyl sites for hydroxylation is 1. The zero-order valence-corrected chi connectivity index (χ0v) is 9.29. The summed E-state index contributed by atoms with van der Waals surface area (Å²) in [7, 11) is 0. The van der Waals surface area contributed by atoms with Gasteiger partial charge in [0.2, 0.25) is 0 Å². The summed E-state index contributed by atoms with van der Waals surface area (Å²) in [4.78, 5) is 11.5. The molecule has 1 aromatic heterocycles. The lowest BCUT2D eigenvalue weighted by Gasteiger charge is -2.23. The van der Waals surface area contributed by atoms with Gasteiger partial charge in [-0.3, -0.25) is 4.79 Å². The summed E-state index contributed by atoms with van der Waals surface area (Å²) in [6.45, 7) is 1.48. The van der Waals surface area contributed by atoms with Crippen LogP contribution < -0.4 is 5.56 Å². The topological polar surface area (TPSA) is 42.2 Å². The van der Waals surface area contributed by atoms with Gasteiger partial charge in [0.25, 0.3) is 5.56 Å². The summed E-state index contributed by atoms with van der Waals surface area (Å²) < 4.78 is 22.6. The second kappa shape index (κ2) is 4.28. The predicted octanol–water partition coefficient (Wildman–Crippen LogP) is 2.58. The Labute approximate surface area is 94.9 Å². The van der Waals surface area contributed by atoms with Crippen LogP contribution in [0.25, 0.3) is 0 Å². The maximum atomic E-state index is 14.0. The van der Waals surface area contributed by atoms with Crippen LogP contribution >= 0.6 is 0 Å². The minimum Gasteiger partial charge on any atom is -0.425 e. The fraction of sp³-hybridized carbons (Fsp3) is 0.583.